The molecular formula is C13H12F6NOP. The average Bonchev–Trinajstić information content (AvgIpc) is 2.37. The molecule has 0 aliphatic heterocycles. The first-order valence-corrected chi connectivity index (χ1v) is 7.93. The number of halogens is 6. The summed E-state index contributed by atoms with van der Waals surface area (Å²) >= 11 is 0. The number of hydrogen-bond donors (Lipinski definition) is 0. The number of aromatic nitrogens is 1. The standard InChI is InChI=1S/C13H12NO.F6P/c15-13(12-7-3-1-4-8-12)11-14-9-5-2-6-10-14;1-7(2,3,4,5)6/h1-10H,11H2;/q+1;-1. The van der Waals surface area contributed by atoms with Crippen molar-refractivity contribution in [3.63, 3.8) is 0 Å². The van der Waals surface area contributed by atoms with E-state index in [1.807, 2.05) is 65.5 Å². The first kappa shape index (κ1) is 18.1. The van der Waals surface area contributed by atoms with Crippen molar-refractivity contribution in [1.29, 1.82) is 0 Å². The number of nitrogens with zero attached hydrogens (tertiary/aromatic N) is 1. The molecule has 0 N–H and O–H groups in total. The molecule has 22 heavy (non-hydrogen) atoms. The number of hydrogen-bond acceptors (Lipinski definition) is 1. The number of pyridine rings is 1. The SMILES string of the molecule is F[P-](F)(F)(F)(F)F.O=C(C[n+]1ccccc1)c1ccccc1. The quantitative estimate of drug-likeness (QED) is 0.323. The van der Waals surface area contributed by atoms with E-state index >= 15 is 0 Å². The summed E-state index contributed by atoms with van der Waals surface area (Å²) in [6.07, 6.45) is 3.78. The van der Waals surface area contributed by atoms with Crippen LogP contribution in [0.2, 0.25) is 0 Å². The molecule has 2 rings (SSSR count). The number of ketones is 1. The fourth-order valence-electron chi connectivity index (χ4n) is 1.42. The number of benzene rings is 1. The van der Waals surface area contributed by atoms with Crippen LogP contribution in [0.4, 0.5) is 25.2 Å². The molecule has 0 saturated carbocycles. The Hall–Kier alpha value is -1.95. The van der Waals surface area contributed by atoms with Crippen LogP contribution in [0.25, 0.3) is 0 Å². The summed E-state index contributed by atoms with van der Waals surface area (Å²) in [7, 11) is -10.7. The van der Waals surface area contributed by atoms with E-state index in [1.54, 1.807) is 0 Å². The third kappa shape index (κ3) is 10.8. The minimum atomic E-state index is -10.7. The maximum absolute atomic E-state index is 11.8. The number of carbonyl (C=O) groups excluding carboxylic acids is 1. The van der Waals surface area contributed by atoms with E-state index in [9.17, 15) is 30.0 Å². The number of Topliss-reactive ketones (excluding diaryl/α,β-unsaturated/α-hetero) is 1. The summed E-state index contributed by atoms with van der Waals surface area (Å²) in [5.41, 5.74) is 0.758. The van der Waals surface area contributed by atoms with Gasteiger partial charge in [0.05, 0.1) is 0 Å². The van der Waals surface area contributed by atoms with Gasteiger partial charge in [-0.3, -0.25) is 4.79 Å². The molecule has 0 saturated heterocycles. The first-order chi connectivity index (χ1) is 9.81. The van der Waals surface area contributed by atoms with Gasteiger partial charge in [-0.15, -0.1) is 0 Å². The summed E-state index contributed by atoms with van der Waals surface area (Å²) in [6, 6.07) is 15.1. The largest absolute Gasteiger partial charge is 0.287 e. The molecule has 1 heterocycles. The Labute approximate surface area is 122 Å². The van der Waals surface area contributed by atoms with Crippen LogP contribution in [0.15, 0.2) is 60.9 Å². The van der Waals surface area contributed by atoms with Crippen molar-refractivity contribution in [3.05, 3.63) is 66.5 Å². The van der Waals surface area contributed by atoms with E-state index in [0.29, 0.717) is 6.54 Å². The van der Waals surface area contributed by atoms with Gasteiger partial charge in [-0.05, 0) is 0 Å². The van der Waals surface area contributed by atoms with E-state index in [-0.39, 0.29) is 5.78 Å². The second-order valence-corrected chi connectivity index (χ2v) is 6.21. The fraction of sp³-hybridized carbons (Fsp3) is 0.0769. The minimum absolute atomic E-state index is 0.131. The van der Waals surface area contributed by atoms with Crippen molar-refractivity contribution in [1.82, 2.24) is 0 Å². The van der Waals surface area contributed by atoms with Crippen molar-refractivity contribution < 1.29 is 34.5 Å². The van der Waals surface area contributed by atoms with Gasteiger partial charge >= 0.3 is 33.0 Å². The molecule has 0 aliphatic carbocycles. The van der Waals surface area contributed by atoms with Crippen LogP contribution in [0.1, 0.15) is 10.4 Å². The van der Waals surface area contributed by atoms with Crippen LogP contribution < -0.4 is 4.57 Å². The van der Waals surface area contributed by atoms with E-state index < -0.39 is 7.81 Å². The Balaban J connectivity index is 0.000000295. The van der Waals surface area contributed by atoms with Gasteiger partial charge < -0.3 is 0 Å². The van der Waals surface area contributed by atoms with E-state index in [2.05, 4.69) is 0 Å². The maximum Gasteiger partial charge on any atom is 0.227 e. The second-order valence-electron chi connectivity index (χ2n) is 4.30. The van der Waals surface area contributed by atoms with Crippen molar-refractivity contribution in [2.45, 2.75) is 6.54 Å². The zero-order valence-corrected chi connectivity index (χ0v) is 11.9. The van der Waals surface area contributed by atoms with E-state index in [1.165, 1.54) is 0 Å². The topological polar surface area (TPSA) is 20.9 Å². The molecule has 0 aliphatic rings. The zero-order chi connectivity index (χ0) is 16.9. The molecule has 0 unspecified atom stereocenters. The van der Waals surface area contributed by atoms with Gasteiger partial charge in [0.25, 0.3) is 0 Å². The van der Waals surface area contributed by atoms with Gasteiger partial charge in [-0.2, -0.15) is 4.57 Å². The molecule has 1 aromatic heterocycles. The summed E-state index contributed by atoms with van der Waals surface area (Å²) in [5.74, 6) is 0.131. The Bertz CT molecular complexity index is 616. The smallest absolute Gasteiger partial charge is 0.227 e. The first-order valence-electron chi connectivity index (χ1n) is 5.90. The van der Waals surface area contributed by atoms with Crippen LogP contribution in [0.3, 0.4) is 0 Å². The maximum atomic E-state index is 11.8. The predicted octanol–water partition coefficient (Wildman–Crippen LogP) is 5.24. The van der Waals surface area contributed by atoms with Crippen molar-refractivity contribution in [3.8, 4) is 0 Å². The fourth-order valence-corrected chi connectivity index (χ4v) is 1.42. The van der Waals surface area contributed by atoms with Crippen LogP contribution in [-0.4, -0.2) is 5.78 Å². The van der Waals surface area contributed by atoms with Crippen molar-refractivity contribution in [2.75, 3.05) is 0 Å². The molecule has 0 bridgehead atoms. The summed E-state index contributed by atoms with van der Waals surface area (Å²) in [5, 5.41) is 0. The van der Waals surface area contributed by atoms with E-state index in [4.69, 9.17) is 0 Å². The molecule has 0 spiro atoms. The monoisotopic (exact) mass is 343 g/mol. The zero-order valence-electron chi connectivity index (χ0n) is 11.1. The molecule has 0 radical (unpaired) electrons. The summed E-state index contributed by atoms with van der Waals surface area (Å²) in [6.45, 7) is 0.394. The molecule has 0 fully saturated rings. The second kappa shape index (κ2) is 5.68. The van der Waals surface area contributed by atoms with Gasteiger partial charge in [0.1, 0.15) is 0 Å². The molecule has 2 nitrogen and oxygen atoms in total. The molecule has 1 aromatic carbocycles. The van der Waals surface area contributed by atoms with Gasteiger partial charge in [0.2, 0.25) is 12.3 Å². The third-order valence-electron chi connectivity index (χ3n) is 2.20. The van der Waals surface area contributed by atoms with Crippen molar-refractivity contribution >= 4 is 13.6 Å². The van der Waals surface area contributed by atoms with E-state index in [0.717, 1.165) is 5.56 Å². The van der Waals surface area contributed by atoms with Gasteiger partial charge in [0.15, 0.2) is 12.4 Å². The Kier molecular flexibility index (Phi) is 4.67. The molecule has 0 atom stereocenters. The van der Waals surface area contributed by atoms with Gasteiger partial charge in [-0.1, -0.05) is 36.4 Å². The van der Waals surface area contributed by atoms with Gasteiger partial charge in [0, 0.05) is 17.7 Å². The number of rotatable bonds is 3. The molecule has 0 amide bonds. The summed E-state index contributed by atoms with van der Waals surface area (Å²) in [4.78, 5) is 11.8. The summed E-state index contributed by atoms with van der Waals surface area (Å²) < 4.78 is 61.1. The van der Waals surface area contributed by atoms with Crippen LogP contribution in [0, 0.1) is 0 Å². The van der Waals surface area contributed by atoms with Crippen LogP contribution in [-0.2, 0) is 6.54 Å². The normalized spacial score (nSPS) is 14.1. The van der Waals surface area contributed by atoms with Crippen LogP contribution in [0.5, 0.6) is 0 Å². The molecular weight excluding hydrogens is 331 g/mol. The third-order valence-corrected chi connectivity index (χ3v) is 2.20. The molecule has 122 valence electrons. The molecule has 9 heteroatoms. The Morgan fingerprint density at radius 2 is 1.23 bits per heavy atom. The average molecular weight is 343 g/mol. The minimum Gasteiger partial charge on any atom is -0.287 e. The number of carbonyl (C=O) groups is 1. The molecule has 2 aromatic rings. The Morgan fingerprint density at radius 3 is 1.68 bits per heavy atom. The van der Waals surface area contributed by atoms with Crippen molar-refractivity contribution in [2.24, 2.45) is 0 Å². The van der Waals surface area contributed by atoms with Gasteiger partial charge in [-0.25, -0.2) is 0 Å². The Morgan fingerprint density at radius 1 is 0.818 bits per heavy atom. The predicted molar refractivity (Wildman–Crippen MR) is 71.0 cm³/mol. The van der Waals surface area contributed by atoms with Crippen LogP contribution >= 0.6 is 7.81 Å².